The number of carbonyl (C=O) groups excluding carboxylic acids is 3. The first-order valence-corrected chi connectivity index (χ1v) is 12.2. The molecule has 3 N–H and O–H groups in total. The van der Waals surface area contributed by atoms with Gasteiger partial charge in [-0.2, -0.15) is 0 Å². The fraction of sp³-hybridized carbons (Fsp3) is 0.240. The number of thiophene rings is 1. The molecule has 0 saturated heterocycles. The van der Waals surface area contributed by atoms with Crippen molar-refractivity contribution in [1.29, 1.82) is 0 Å². The Balaban J connectivity index is 1.50. The average molecular weight is 542 g/mol. The number of nitrogen functional groups attached to an aromatic ring is 1. The van der Waals surface area contributed by atoms with Crippen molar-refractivity contribution in [2.75, 3.05) is 31.1 Å². The molecule has 0 bridgehead atoms. The van der Waals surface area contributed by atoms with Crippen molar-refractivity contribution in [1.82, 2.24) is 0 Å². The van der Waals surface area contributed by atoms with Crippen LogP contribution in [-0.2, 0) is 20.7 Å². The Morgan fingerprint density at radius 1 is 1.11 bits per heavy atom. The second-order valence-corrected chi connectivity index (χ2v) is 9.31. The molecule has 1 aliphatic heterocycles. The Kier molecular flexibility index (Phi) is 7.76. The van der Waals surface area contributed by atoms with Gasteiger partial charge in [-0.05, 0) is 55.7 Å². The van der Waals surface area contributed by atoms with Crippen molar-refractivity contribution >= 4 is 45.6 Å². The lowest BCUT2D eigenvalue weighted by molar-refractivity contribution is -0.383. The summed E-state index contributed by atoms with van der Waals surface area (Å²) >= 11 is 1.19. The van der Waals surface area contributed by atoms with Gasteiger partial charge in [0.25, 0.3) is 11.6 Å². The van der Waals surface area contributed by atoms with Gasteiger partial charge in [0.05, 0.1) is 22.7 Å². The molecule has 0 unspecified atom stereocenters. The van der Waals surface area contributed by atoms with E-state index in [0.717, 1.165) is 16.5 Å². The summed E-state index contributed by atoms with van der Waals surface area (Å²) in [5.41, 5.74) is 6.59. The molecule has 13 heteroatoms. The summed E-state index contributed by atoms with van der Waals surface area (Å²) in [5.74, 6) is -1.01. The molecule has 1 amide bonds. The molecule has 0 aliphatic carbocycles. The van der Waals surface area contributed by atoms with E-state index >= 15 is 0 Å². The molecule has 4 rings (SSSR count). The number of carbonyl (C=O) groups is 3. The summed E-state index contributed by atoms with van der Waals surface area (Å²) in [6, 6.07) is 8.91. The largest absolute Gasteiger partial charge is 0.462 e. The van der Waals surface area contributed by atoms with Crippen LogP contribution in [0.5, 0.6) is 11.5 Å². The van der Waals surface area contributed by atoms with Gasteiger partial charge in [0.15, 0.2) is 18.1 Å². The maximum absolute atomic E-state index is 12.9. The molecule has 1 aliphatic rings. The summed E-state index contributed by atoms with van der Waals surface area (Å²) in [5, 5.41) is 13.9. The van der Waals surface area contributed by atoms with E-state index in [0.29, 0.717) is 23.5 Å². The van der Waals surface area contributed by atoms with E-state index in [1.54, 1.807) is 13.0 Å². The van der Waals surface area contributed by atoms with Crippen LogP contribution in [0.2, 0.25) is 0 Å². The number of fused-ring (bicyclic) bond motifs is 1. The number of aryl methyl sites for hydroxylation is 1. The number of nitro groups is 1. The number of benzene rings is 2. The Bertz CT molecular complexity index is 1430. The number of esters is 2. The minimum Gasteiger partial charge on any atom is -0.462 e. The monoisotopic (exact) mass is 541 g/mol. The third kappa shape index (κ3) is 5.67. The summed E-state index contributed by atoms with van der Waals surface area (Å²) < 4.78 is 21.0. The minimum absolute atomic E-state index is 0.111. The lowest BCUT2D eigenvalue weighted by Crippen LogP contribution is -2.22. The van der Waals surface area contributed by atoms with Crippen LogP contribution in [-0.4, -0.2) is 42.8 Å². The first kappa shape index (κ1) is 26.4. The molecule has 198 valence electrons. The fourth-order valence-electron chi connectivity index (χ4n) is 3.76. The van der Waals surface area contributed by atoms with Gasteiger partial charge in [-0.15, -0.1) is 11.3 Å². The van der Waals surface area contributed by atoms with Crippen molar-refractivity contribution < 1.29 is 38.3 Å². The number of nitrogens with zero attached hydrogens (tertiary/aromatic N) is 1. The highest BCUT2D eigenvalue weighted by molar-refractivity contribution is 7.16. The van der Waals surface area contributed by atoms with Crippen molar-refractivity contribution in [2.24, 2.45) is 0 Å². The zero-order valence-corrected chi connectivity index (χ0v) is 21.2. The van der Waals surface area contributed by atoms with Crippen molar-refractivity contribution in [3.8, 4) is 11.5 Å². The molecular weight excluding hydrogens is 518 g/mol. The minimum atomic E-state index is -0.945. The highest BCUT2D eigenvalue weighted by Crippen LogP contribution is 2.38. The number of amides is 1. The van der Waals surface area contributed by atoms with Gasteiger partial charge in [0.2, 0.25) is 6.79 Å². The predicted molar refractivity (Wildman–Crippen MR) is 137 cm³/mol. The molecule has 12 nitrogen and oxygen atoms in total. The van der Waals surface area contributed by atoms with Gasteiger partial charge in [-0.1, -0.05) is 6.07 Å². The molecule has 0 fully saturated rings. The van der Waals surface area contributed by atoms with Crippen molar-refractivity contribution in [3.63, 3.8) is 0 Å². The van der Waals surface area contributed by atoms with E-state index in [2.05, 4.69) is 5.32 Å². The summed E-state index contributed by atoms with van der Waals surface area (Å²) in [6.45, 7) is 3.08. The van der Waals surface area contributed by atoms with Crippen LogP contribution < -0.4 is 20.5 Å². The van der Waals surface area contributed by atoms with Gasteiger partial charge >= 0.3 is 11.9 Å². The lowest BCUT2D eigenvalue weighted by Gasteiger charge is -2.10. The van der Waals surface area contributed by atoms with Gasteiger partial charge in [0, 0.05) is 10.9 Å². The maximum atomic E-state index is 12.9. The van der Waals surface area contributed by atoms with Crippen LogP contribution in [0.3, 0.4) is 0 Å². The molecule has 0 spiro atoms. The summed E-state index contributed by atoms with van der Waals surface area (Å²) in [6.07, 6.45) is 0.369. The molecule has 2 heterocycles. The summed E-state index contributed by atoms with van der Waals surface area (Å²) in [7, 11) is 0. The van der Waals surface area contributed by atoms with Crippen LogP contribution in [0.4, 0.5) is 16.4 Å². The average Bonchev–Trinajstić information content (AvgIpc) is 3.46. The van der Waals surface area contributed by atoms with E-state index in [4.69, 9.17) is 24.7 Å². The molecule has 1 aromatic heterocycles. The van der Waals surface area contributed by atoms with Crippen LogP contribution in [0.25, 0.3) is 0 Å². The normalized spacial score (nSPS) is 11.6. The van der Waals surface area contributed by atoms with Crippen LogP contribution in [0.1, 0.15) is 43.6 Å². The number of hydrogen-bond donors (Lipinski definition) is 2. The maximum Gasteiger partial charge on any atom is 0.341 e. The zero-order chi connectivity index (χ0) is 27.4. The third-order valence-corrected chi connectivity index (χ3v) is 6.62. The highest BCUT2D eigenvalue weighted by atomic mass is 32.1. The standard InChI is InChI=1S/C25H23N3O9S/c1-3-34-25(31)22-16(8-14-4-7-19-20(9-14)37-12-36-19)13(2)38-23(22)27-21(29)11-35-24(30)15-5-6-17(26)18(10-15)28(32)33/h4-7,9-10H,3,8,11-12,26H2,1-2H3,(H,27,29). The molecule has 0 radical (unpaired) electrons. The van der Waals surface area contributed by atoms with E-state index in [9.17, 15) is 24.5 Å². The van der Waals surface area contributed by atoms with Crippen molar-refractivity contribution in [2.45, 2.75) is 20.3 Å². The molecule has 3 aromatic rings. The molecular formula is C25H23N3O9S. The number of hydrogen-bond acceptors (Lipinski definition) is 11. The number of nitro benzene ring substituents is 1. The second-order valence-electron chi connectivity index (χ2n) is 8.08. The highest BCUT2D eigenvalue weighted by Gasteiger charge is 2.26. The Labute approximate surface area is 220 Å². The Morgan fingerprint density at radius 3 is 2.61 bits per heavy atom. The number of nitrogens with two attached hydrogens (primary N) is 1. The van der Waals surface area contributed by atoms with Gasteiger partial charge < -0.3 is 30.0 Å². The van der Waals surface area contributed by atoms with E-state index in [1.807, 2.05) is 19.1 Å². The molecule has 38 heavy (non-hydrogen) atoms. The predicted octanol–water partition coefficient (Wildman–Crippen LogP) is 3.84. The summed E-state index contributed by atoms with van der Waals surface area (Å²) in [4.78, 5) is 48.9. The molecule has 0 atom stereocenters. The number of rotatable bonds is 9. The van der Waals surface area contributed by atoms with Gasteiger partial charge in [-0.25, -0.2) is 9.59 Å². The van der Waals surface area contributed by atoms with Crippen molar-refractivity contribution in [3.05, 3.63) is 73.6 Å². The SMILES string of the molecule is CCOC(=O)c1c(NC(=O)COC(=O)c2ccc(N)c([N+](=O)[O-])c2)sc(C)c1Cc1ccc2c(c1)OCO2. The molecule has 0 saturated carbocycles. The lowest BCUT2D eigenvalue weighted by atomic mass is 10.0. The number of nitrogens with one attached hydrogen (secondary N) is 1. The van der Waals surface area contributed by atoms with Crippen LogP contribution in [0.15, 0.2) is 36.4 Å². The molecule has 2 aromatic carbocycles. The number of anilines is 2. The topological polar surface area (TPSA) is 169 Å². The number of ether oxygens (including phenoxy) is 4. The van der Waals surface area contributed by atoms with E-state index in [-0.39, 0.29) is 35.2 Å². The Hall–Kier alpha value is -4.65. The zero-order valence-electron chi connectivity index (χ0n) is 20.4. The van der Waals surface area contributed by atoms with Gasteiger partial charge in [-0.3, -0.25) is 14.9 Å². The Morgan fingerprint density at radius 2 is 1.87 bits per heavy atom. The first-order chi connectivity index (χ1) is 18.2. The smallest absolute Gasteiger partial charge is 0.341 e. The second kappa shape index (κ2) is 11.2. The van der Waals surface area contributed by atoms with Gasteiger partial charge in [0.1, 0.15) is 10.7 Å². The van der Waals surface area contributed by atoms with E-state index < -0.39 is 35.1 Å². The van der Waals surface area contributed by atoms with Crippen LogP contribution >= 0.6 is 11.3 Å². The van der Waals surface area contributed by atoms with E-state index in [1.165, 1.54) is 23.5 Å². The quantitative estimate of drug-likeness (QED) is 0.176. The first-order valence-electron chi connectivity index (χ1n) is 11.4. The third-order valence-electron chi connectivity index (χ3n) is 5.56. The van der Waals surface area contributed by atoms with Crippen LogP contribution in [0, 0.1) is 17.0 Å². The fourth-order valence-corrected chi connectivity index (χ4v) is 4.84.